The number of carboxylic acids is 1. The third kappa shape index (κ3) is 29.8. The first kappa shape index (κ1) is 36.4. The molecule has 0 heterocycles. The number of hydroxylamine groups is 1. The van der Waals surface area contributed by atoms with Crippen LogP contribution < -0.4 is 16.1 Å². The molecule has 0 saturated heterocycles. The second-order valence-corrected chi connectivity index (χ2v) is 8.54. The second kappa shape index (κ2) is 24.4. The van der Waals surface area contributed by atoms with Crippen LogP contribution in [0.2, 0.25) is 0 Å². The maximum absolute atomic E-state index is 11.6. The first-order valence-corrected chi connectivity index (χ1v) is 12.4. The van der Waals surface area contributed by atoms with E-state index in [0.717, 1.165) is 0 Å². The molecule has 0 aromatic carbocycles. The molecule has 0 unspecified atom stereocenters. The van der Waals surface area contributed by atoms with Gasteiger partial charge in [-0.2, -0.15) is 5.48 Å². The molecule has 39 heavy (non-hydrogen) atoms. The fourth-order valence-corrected chi connectivity index (χ4v) is 2.30. The number of aliphatic carboxylic acids is 1. The van der Waals surface area contributed by atoms with Crippen molar-refractivity contribution in [2.75, 3.05) is 99.0 Å². The Morgan fingerprint density at radius 3 is 1.41 bits per heavy atom. The van der Waals surface area contributed by atoms with Crippen LogP contribution >= 0.6 is 0 Å². The predicted octanol–water partition coefficient (Wildman–Crippen LogP) is -1.14. The molecule has 0 aliphatic carbocycles. The third-order valence-corrected chi connectivity index (χ3v) is 3.84. The van der Waals surface area contributed by atoms with Crippen molar-refractivity contribution >= 4 is 23.9 Å². The molecule has 0 atom stereocenters. The van der Waals surface area contributed by atoms with Gasteiger partial charge in [0, 0.05) is 13.1 Å². The van der Waals surface area contributed by atoms with E-state index in [-0.39, 0.29) is 26.3 Å². The van der Waals surface area contributed by atoms with Crippen molar-refractivity contribution in [3.8, 4) is 0 Å². The molecule has 0 saturated carbocycles. The van der Waals surface area contributed by atoms with Gasteiger partial charge in [0.2, 0.25) is 11.8 Å². The topological polar surface area (TPSA) is 198 Å². The minimum atomic E-state index is -1.13. The van der Waals surface area contributed by atoms with Crippen molar-refractivity contribution in [2.45, 2.75) is 26.4 Å². The van der Waals surface area contributed by atoms with E-state index in [9.17, 15) is 19.2 Å². The highest BCUT2D eigenvalue weighted by Crippen LogP contribution is 2.06. The van der Waals surface area contributed by atoms with Gasteiger partial charge in [-0.05, 0) is 20.8 Å². The Morgan fingerprint density at radius 1 is 0.590 bits per heavy atom. The third-order valence-electron chi connectivity index (χ3n) is 3.84. The zero-order valence-electron chi connectivity index (χ0n) is 23.0. The minimum absolute atomic E-state index is 0.283. The van der Waals surface area contributed by atoms with Gasteiger partial charge in [-0.1, -0.05) is 0 Å². The number of ether oxygens (including phenoxy) is 7. The Bertz CT molecular complexity index is 674. The lowest BCUT2D eigenvalue weighted by atomic mass is 10.2. The summed E-state index contributed by atoms with van der Waals surface area (Å²) in [5.74, 6) is -1.96. The summed E-state index contributed by atoms with van der Waals surface area (Å²) in [5, 5.41) is 13.5. The van der Waals surface area contributed by atoms with Crippen molar-refractivity contribution in [3.05, 3.63) is 0 Å². The Kier molecular flexibility index (Phi) is 22.8. The van der Waals surface area contributed by atoms with E-state index in [1.807, 2.05) is 5.48 Å². The fraction of sp³-hybridized carbons (Fsp3) is 0.826. The number of hydrogen-bond donors (Lipinski definition) is 4. The van der Waals surface area contributed by atoms with Crippen molar-refractivity contribution in [2.24, 2.45) is 0 Å². The first-order chi connectivity index (χ1) is 18.6. The van der Waals surface area contributed by atoms with E-state index < -0.39 is 36.1 Å². The largest absolute Gasteiger partial charge is 0.480 e. The summed E-state index contributed by atoms with van der Waals surface area (Å²) in [5.41, 5.74) is 1.36. The summed E-state index contributed by atoms with van der Waals surface area (Å²) in [7, 11) is 0. The molecule has 0 aromatic rings. The molecule has 0 aliphatic heterocycles. The number of carbonyl (C=O) groups excluding carboxylic acids is 3. The van der Waals surface area contributed by atoms with E-state index in [2.05, 4.69) is 15.4 Å². The van der Waals surface area contributed by atoms with Crippen LogP contribution in [0.5, 0.6) is 0 Å². The van der Waals surface area contributed by atoms with Crippen molar-refractivity contribution in [1.82, 2.24) is 16.1 Å². The van der Waals surface area contributed by atoms with Crippen LogP contribution in [-0.2, 0) is 52.4 Å². The van der Waals surface area contributed by atoms with E-state index in [4.69, 9.17) is 38.4 Å². The van der Waals surface area contributed by atoms with Gasteiger partial charge in [0.05, 0.1) is 66.1 Å². The van der Waals surface area contributed by atoms with Crippen molar-refractivity contribution in [1.29, 1.82) is 0 Å². The van der Waals surface area contributed by atoms with Crippen molar-refractivity contribution in [3.63, 3.8) is 0 Å². The lowest BCUT2D eigenvalue weighted by molar-refractivity contribution is -0.143. The number of carboxylic acid groups (broad SMARTS) is 1. The van der Waals surface area contributed by atoms with Gasteiger partial charge in [-0.25, -0.2) is 9.59 Å². The van der Waals surface area contributed by atoms with Gasteiger partial charge < -0.3 is 48.9 Å². The molecule has 4 N–H and O–H groups in total. The smallest absolute Gasteiger partial charge is 0.431 e. The highest BCUT2D eigenvalue weighted by Gasteiger charge is 2.16. The zero-order chi connectivity index (χ0) is 29.2. The van der Waals surface area contributed by atoms with Crippen LogP contribution in [0.4, 0.5) is 4.79 Å². The Labute approximate surface area is 228 Å². The molecule has 0 radical (unpaired) electrons. The first-order valence-electron chi connectivity index (χ1n) is 12.4. The molecular weight excluding hydrogens is 526 g/mol. The number of carbonyl (C=O) groups is 4. The standard InChI is InChI=1S/C23H43N3O13/c1-23(2,3)39-22(31)26-38-17-20(28)25-5-7-33-9-11-35-13-15-36-14-12-34-10-8-32-6-4-24-19(27)16-37-18-21(29)30/h4-18H2,1-3H3,(H,24,27)(H,25,28)(H,26,31)(H,29,30). The molecule has 0 fully saturated rings. The fourth-order valence-electron chi connectivity index (χ4n) is 2.30. The van der Waals surface area contributed by atoms with Crippen molar-refractivity contribution < 1.29 is 62.3 Å². The molecule has 0 aliphatic rings. The van der Waals surface area contributed by atoms with Crippen LogP contribution in [0.25, 0.3) is 0 Å². The summed E-state index contributed by atoms with van der Waals surface area (Å²) in [6.07, 6.45) is -0.776. The Morgan fingerprint density at radius 2 is 1.00 bits per heavy atom. The van der Waals surface area contributed by atoms with E-state index in [1.54, 1.807) is 20.8 Å². The van der Waals surface area contributed by atoms with Crippen LogP contribution in [0, 0.1) is 0 Å². The average Bonchev–Trinajstić information content (AvgIpc) is 2.84. The highest BCUT2D eigenvalue weighted by molar-refractivity contribution is 5.78. The lowest BCUT2D eigenvalue weighted by Crippen LogP contribution is -2.37. The SMILES string of the molecule is CC(C)(C)OC(=O)NOCC(=O)NCCOCCOCCOCCOCCOCCNC(=O)COCC(=O)O. The number of nitrogens with one attached hydrogen (secondary N) is 3. The quantitative estimate of drug-likeness (QED) is 0.0761. The van der Waals surface area contributed by atoms with E-state index >= 15 is 0 Å². The van der Waals surface area contributed by atoms with Gasteiger partial charge in [0.1, 0.15) is 18.8 Å². The summed E-state index contributed by atoms with van der Waals surface area (Å²) in [6, 6.07) is 0. The maximum Gasteiger partial charge on any atom is 0.431 e. The van der Waals surface area contributed by atoms with Crippen LogP contribution in [0.3, 0.4) is 0 Å². The molecule has 3 amide bonds. The van der Waals surface area contributed by atoms with Crippen LogP contribution in [0.15, 0.2) is 0 Å². The second-order valence-electron chi connectivity index (χ2n) is 8.54. The Balaban J connectivity index is 3.27. The molecule has 228 valence electrons. The molecule has 0 bridgehead atoms. The summed E-state index contributed by atoms with van der Waals surface area (Å²) < 4.78 is 36.3. The zero-order valence-corrected chi connectivity index (χ0v) is 23.0. The van der Waals surface area contributed by atoms with Gasteiger partial charge in [-0.15, -0.1) is 0 Å². The normalized spacial score (nSPS) is 11.2. The molecule has 16 heteroatoms. The number of rotatable bonds is 25. The average molecular weight is 570 g/mol. The lowest BCUT2D eigenvalue weighted by Gasteiger charge is -2.19. The highest BCUT2D eigenvalue weighted by atomic mass is 16.7. The predicted molar refractivity (Wildman–Crippen MR) is 134 cm³/mol. The van der Waals surface area contributed by atoms with E-state index in [0.29, 0.717) is 66.1 Å². The summed E-state index contributed by atoms with van der Waals surface area (Å²) in [4.78, 5) is 49.3. The minimum Gasteiger partial charge on any atom is -0.480 e. The monoisotopic (exact) mass is 569 g/mol. The van der Waals surface area contributed by atoms with Crippen LogP contribution in [-0.4, -0.2) is 134 Å². The molecule has 0 aromatic heterocycles. The molecule has 16 nitrogen and oxygen atoms in total. The van der Waals surface area contributed by atoms with Gasteiger partial charge in [0.25, 0.3) is 0 Å². The molecule has 0 rings (SSSR count). The Hall–Kier alpha value is -2.60. The molecule has 0 spiro atoms. The number of amides is 3. The molecular formula is C23H43N3O13. The van der Waals surface area contributed by atoms with E-state index in [1.165, 1.54) is 0 Å². The summed E-state index contributed by atoms with van der Waals surface area (Å²) in [6.45, 7) is 8.19. The summed E-state index contributed by atoms with van der Waals surface area (Å²) >= 11 is 0. The van der Waals surface area contributed by atoms with Gasteiger partial charge in [-0.3, -0.25) is 14.4 Å². The maximum atomic E-state index is 11.6. The van der Waals surface area contributed by atoms with Gasteiger partial charge >= 0.3 is 12.1 Å². The van der Waals surface area contributed by atoms with Gasteiger partial charge in [0.15, 0.2) is 6.61 Å². The van der Waals surface area contributed by atoms with Crippen LogP contribution in [0.1, 0.15) is 20.8 Å². The number of hydrogen-bond acceptors (Lipinski definition) is 12.